The van der Waals surface area contributed by atoms with Gasteiger partial charge in [-0.1, -0.05) is 78.9 Å². The minimum Gasteiger partial charge on any atom is -0.456 e. The molecule has 0 atom stereocenters. The van der Waals surface area contributed by atoms with Crippen LogP contribution >= 0.6 is 11.8 Å². The molecule has 0 saturated carbocycles. The van der Waals surface area contributed by atoms with Crippen molar-refractivity contribution in [2.45, 2.75) is 11.5 Å². The molecule has 1 aliphatic rings. The van der Waals surface area contributed by atoms with E-state index in [9.17, 15) is 0 Å². The summed E-state index contributed by atoms with van der Waals surface area (Å²) in [7, 11) is 0. The van der Waals surface area contributed by atoms with Gasteiger partial charge in [0.1, 0.15) is 22.3 Å². The highest BCUT2D eigenvalue weighted by atomic mass is 32.2. The Balaban J connectivity index is 1.18. The molecule has 0 amide bonds. The van der Waals surface area contributed by atoms with Crippen LogP contribution in [0.25, 0.3) is 77.3 Å². The molecule has 194 valence electrons. The first-order valence-corrected chi connectivity index (χ1v) is 15.1. The van der Waals surface area contributed by atoms with E-state index in [-0.39, 0.29) is 0 Å². The van der Waals surface area contributed by atoms with Crippen molar-refractivity contribution in [2.24, 2.45) is 0 Å². The minimum absolute atomic E-state index is 0.930. The summed E-state index contributed by atoms with van der Waals surface area (Å²) in [5.74, 6) is 2.00. The molecule has 2 nitrogen and oxygen atoms in total. The Morgan fingerprint density at radius 2 is 1.10 bits per heavy atom. The molecule has 3 heteroatoms. The fourth-order valence-corrected chi connectivity index (χ4v) is 7.50. The molecule has 0 saturated heterocycles. The third-order valence-electron chi connectivity index (χ3n) is 8.44. The van der Waals surface area contributed by atoms with E-state index < -0.39 is 0 Å². The Morgan fingerprint density at radius 1 is 0.415 bits per heavy atom. The van der Waals surface area contributed by atoms with Gasteiger partial charge in [-0.2, -0.15) is 11.8 Å². The average Bonchev–Trinajstić information content (AvgIpc) is 3.53. The van der Waals surface area contributed by atoms with Gasteiger partial charge in [0.05, 0.1) is 0 Å². The van der Waals surface area contributed by atoms with Crippen molar-refractivity contribution in [3.8, 4) is 33.4 Å². The van der Waals surface area contributed by atoms with Crippen molar-refractivity contribution >= 4 is 55.6 Å². The zero-order valence-corrected chi connectivity index (χ0v) is 23.0. The summed E-state index contributed by atoms with van der Waals surface area (Å²) in [6, 6.07) is 43.5. The maximum absolute atomic E-state index is 6.18. The van der Waals surface area contributed by atoms with Gasteiger partial charge in [-0.25, -0.2) is 0 Å². The van der Waals surface area contributed by atoms with Crippen molar-refractivity contribution in [3.05, 3.63) is 132 Å². The van der Waals surface area contributed by atoms with Crippen molar-refractivity contribution in [1.29, 1.82) is 0 Å². The van der Waals surface area contributed by atoms with Crippen molar-refractivity contribution < 1.29 is 8.83 Å². The summed E-state index contributed by atoms with van der Waals surface area (Å²) in [6.07, 6.45) is 0. The number of benzene rings is 6. The Morgan fingerprint density at radius 3 is 2.02 bits per heavy atom. The lowest BCUT2D eigenvalue weighted by Gasteiger charge is -2.14. The molecular formula is C38H24O2S. The van der Waals surface area contributed by atoms with Gasteiger partial charge in [0.25, 0.3) is 0 Å². The van der Waals surface area contributed by atoms with Crippen molar-refractivity contribution in [1.82, 2.24) is 0 Å². The maximum Gasteiger partial charge on any atom is 0.136 e. The number of para-hydroxylation sites is 2. The van der Waals surface area contributed by atoms with Crippen LogP contribution in [-0.2, 0) is 11.5 Å². The molecule has 41 heavy (non-hydrogen) atoms. The highest BCUT2D eigenvalue weighted by Gasteiger charge is 2.19. The van der Waals surface area contributed by atoms with Gasteiger partial charge in [0.15, 0.2) is 0 Å². The summed E-state index contributed by atoms with van der Waals surface area (Å²) in [5, 5.41) is 4.68. The summed E-state index contributed by atoms with van der Waals surface area (Å²) in [4.78, 5) is 0. The zero-order chi connectivity index (χ0) is 26.9. The largest absolute Gasteiger partial charge is 0.456 e. The molecule has 3 heterocycles. The first-order chi connectivity index (χ1) is 20.3. The monoisotopic (exact) mass is 544 g/mol. The molecule has 0 radical (unpaired) electrons. The highest BCUT2D eigenvalue weighted by Crippen LogP contribution is 2.43. The standard InChI is InChI=1S/C38H24O2S/c1-3-9-34-30(6-1)33-20-24(15-17-36(33)39-34)23-12-13-26-21-41-22-27-18-25(14-16-28(27)32(26)19-23)29-8-5-11-37-38(29)31-7-2-4-10-35(31)40-37/h1-20H,21-22H2. The third kappa shape index (κ3) is 3.59. The van der Waals surface area contributed by atoms with Gasteiger partial charge < -0.3 is 8.83 Å². The lowest BCUT2D eigenvalue weighted by atomic mass is 9.90. The van der Waals surface area contributed by atoms with Crippen LogP contribution in [0.2, 0.25) is 0 Å². The fraction of sp³-hybridized carbons (Fsp3) is 0.0526. The number of furan rings is 2. The van der Waals surface area contributed by atoms with Crippen LogP contribution in [0.1, 0.15) is 11.1 Å². The second kappa shape index (κ2) is 8.89. The number of rotatable bonds is 2. The second-order valence-corrected chi connectivity index (χ2v) is 11.8. The minimum atomic E-state index is 0.930. The number of thioether (sulfide) groups is 1. The predicted octanol–water partition coefficient (Wildman–Crippen LogP) is 11.2. The summed E-state index contributed by atoms with van der Waals surface area (Å²) < 4.78 is 12.3. The van der Waals surface area contributed by atoms with Gasteiger partial charge >= 0.3 is 0 Å². The normalized spacial score (nSPS) is 13.1. The van der Waals surface area contributed by atoms with E-state index in [2.05, 4.69) is 97.1 Å². The van der Waals surface area contributed by atoms with Crippen LogP contribution in [0.3, 0.4) is 0 Å². The smallest absolute Gasteiger partial charge is 0.136 e. The molecule has 2 aromatic heterocycles. The SMILES string of the molecule is c1ccc2c(c1)oc1ccc(-c3ccc4c(c3)-c3ccc(-c5cccc6oc7ccccc7c56)cc3CSC4)cc12. The van der Waals surface area contributed by atoms with E-state index in [1.54, 1.807) is 0 Å². The van der Waals surface area contributed by atoms with Crippen LogP contribution in [0.4, 0.5) is 0 Å². The molecule has 0 spiro atoms. The molecule has 1 aliphatic heterocycles. The van der Waals surface area contributed by atoms with E-state index in [4.69, 9.17) is 8.83 Å². The molecule has 0 fully saturated rings. The van der Waals surface area contributed by atoms with Gasteiger partial charge in [-0.05, 0) is 87.0 Å². The number of hydrogen-bond acceptors (Lipinski definition) is 3. The first kappa shape index (κ1) is 23.0. The molecule has 0 bridgehead atoms. The first-order valence-electron chi connectivity index (χ1n) is 14.0. The summed E-state index contributed by atoms with van der Waals surface area (Å²) in [5.41, 5.74) is 14.1. The van der Waals surface area contributed by atoms with Crippen LogP contribution in [0.5, 0.6) is 0 Å². The summed E-state index contributed by atoms with van der Waals surface area (Å²) in [6.45, 7) is 0. The maximum atomic E-state index is 6.18. The molecule has 9 rings (SSSR count). The van der Waals surface area contributed by atoms with E-state index in [1.807, 2.05) is 36.0 Å². The Hall–Kier alpha value is -4.73. The van der Waals surface area contributed by atoms with Gasteiger partial charge in [-0.15, -0.1) is 0 Å². The van der Waals surface area contributed by atoms with Gasteiger partial charge in [0, 0.05) is 33.1 Å². The molecule has 6 aromatic carbocycles. The van der Waals surface area contributed by atoms with Crippen molar-refractivity contribution in [3.63, 3.8) is 0 Å². The van der Waals surface area contributed by atoms with Gasteiger partial charge in [0.2, 0.25) is 0 Å². The Kier molecular flexibility index (Phi) is 4.99. The average molecular weight is 545 g/mol. The van der Waals surface area contributed by atoms with E-state index in [0.717, 1.165) is 44.6 Å². The molecular weight excluding hydrogens is 520 g/mol. The Labute approximate surface area is 241 Å². The third-order valence-corrected chi connectivity index (χ3v) is 9.47. The Bertz CT molecular complexity index is 2300. The zero-order valence-electron chi connectivity index (χ0n) is 22.2. The van der Waals surface area contributed by atoms with E-state index in [1.165, 1.54) is 55.3 Å². The number of hydrogen-bond donors (Lipinski definition) is 0. The lowest BCUT2D eigenvalue weighted by molar-refractivity contribution is 0.668. The van der Waals surface area contributed by atoms with Crippen LogP contribution in [0.15, 0.2) is 130 Å². The molecule has 0 N–H and O–H groups in total. The van der Waals surface area contributed by atoms with Gasteiger partial charge in [-0.3, -0.25) is 0 Å². The summed E-state index contributed by atoms with van der Waals surface area (Å²) >= 11 is 1.99. The van der Waals surface area contributed by atoms with E-state index >= 15 is 0 Å². The fourth-order valence-electron chi connectivity index (χ4n) is 6.47. The van der Waals surface area contributed by atoms with Crippen molar-refractivity contribution in [2.75, 3.05) is 0 Å². The topological polar surface area (TPSA) is 26.3 Å². The van der Waals surface area contributed by atoms with Crippen LogP contribution in [-0.4, -0.2) is 0 Å². The second-order valence-electron chi connectivity index (χ2n) is 10.8. The van der Waals surface area contributed by atoms with Crippen LogP contribution in [0, 0.1) is 0 Å². The lowest BCUT2D eigenvalue weighted by Crippen LogP contribution is -1.91. The highest BCUT2D eigenvalue weighted by molar-refractivity contribution is 7.97. The van der Waals surface area contributed by atoms with E-state index in [0.29, 0.717) is 0 Å². The quantitative estimate of drug-likeness (QED) is 0.216. The molecule has 0 aliphatic carbocycles. The van der Waals surface area contributed by atoms with Crippen LogP contribution < -0.4 is 0 Å². The number of fused-ring (bicyclic) bond motifs is 9. The molecule has 8 aromatic rings. The predicted molar refractivity (Wildman–Crippen MR) is 172 cm³/mol. The molecule has 0 unspecified atom stereocenters.